The Bertz CT molecular complexity index is 227. The van der Waals surface area contributed by atoms with Gasteiger partial charge in [-0.25, -0.2) is 0 Å². The Hall–Kier alpha value is -0.970. The van der Waals surface area contributed by atoms with Gasteiger partial charge in [0.25, 0.3) is 0 Å². The highest BCUT2D eigenvalue weighted by Gasteiger charge is 2.38. The maximum absolute atomic E-state index is 11.8. The molecule has 1 N–H and O–H groups in total. The zero-order valence-corrected chi connectivity index (χ0v) is 6.01. The molecule has 0 bridgehead atoms. The maximum Gasteiger partial charge on any atom is 0.414 e. The van der Waals surface area contributed by atoms with E-state index in [4.69, 9.17) is 5.11 Å². The van der Waals surface area contributed by atoms with Gasteiger partial charge in [-0.1, -0.05) is 0 Å². The van der Waals surface area contributed by atoms with E-state index in [1.54, 1.807) is 0 Å². The van der Waals surface area contributed by atoms with Crippen LogP contribution in [0.2, 0.25) is 0 Å². The Morgan fingerprint density at radius 2 is 2.17 bits per heavy atom. The molecule has 0 fully saturated rings. The number of aliphatic hydroxyl groups is 1. The minimum absolute atomic E-state index is 0.333. The molecular formula is C7H7F3O2. The number of hydrogen-bond acceptors (Lipinski definition) is 2. The second-order valence-electron chi connectivity index (χ2n) is 2.39. The van der Waals surface area contributed by atoms with Gasteiger partial charge in [-0.2, -0.15) is 13.2 Å². The fraction of sp³-hybridized carbons (Fsp3) is 0.429. The molecule has 1 atom stereocenters. The third-order valence-corrected chi connectivity index (χ3v) is 1.39. The molecule has 0 radical (unpaired) electrons. The van der Waals surface area contributed by atoms with Crippen molar-refractivity contribution in [3.05, 3.63) is 24.2 Å². The molecule has 0 saturated heterocycles. The highest BCUT2D eigenvalue weighted by atomic mass is 19.4. The topological polar surface area (TPSA) is 33.4 Å². The van der Waals surface area contributed by atoms with Crippen molar-refractivity contribution >= 4 is 0 Å². The van der Waals surface area contributed by atoms with Crippen LogP contribution < -0.4 is 0 Å². The average Bonchev–Trinajstić information content (AvgIpc) is 2.37. The van der Waals surface area contributed by atoms with Crippen molar-refractivity contribution in [1.29, 1.82) is 0 Å². The summed E-state index contributed by atoms with van der Waals surface area (Å²) in [7, 11) is 0. The molecule has 0 aliphatic heterocycles. The summed E-state index contributed by atoms with van der Waals surface area (Å²) in [5.41, 5.74) is 0.333. The first-order chi connectivity index (χ1) is 5.50. The largest absolute Gasteiger partial charge is 0.472 e. The first-order valence-electron chi connectivity index (χ1n) is 3.26. The van der Waals surface area contributed by atoms with E-state index in [1.165, 1.54) is 18.6 Å². The first kappa shape index (κ1) is 9.12. The van der Waals surface area contributed by atoms with E-state index in [9.17, 15) is 13.2 Å². The SMILES string of the molecule is O[C@H](Cc1ccoc1)C(F)(F)F. The van der Waals surface area contributed by atoms with Crippen LogP contribution >= 0.6 is 0 Å². The standard InChI is InChI=1S/C7H7F3O2/c8-7(9,10)6(11)3-5-1-2-12-4-5/h1-2,4,6,11H,3H2/t6-/m1/s1. The Labute approximate surface area is 66.6 Å². The summed E-state index contributed by atoms with van der Waals surface area (Å²) in [5, 5.41) is 8.59. The van der Waals surface area contributed by atoms with Crippen molar-refractivity contribution in [2.24, 2.45) is 0 Å². The van der Waals surface area contributed by atoms with Crippen molar-refractivity contribution in [2.75, 3.05) is 0 Å². The van der Waals surface area contributed by atoms with Crippen LogP contribution in [-0.2, 0) is 6.42 Å². The summed E-state index contributed by atoms with van der Waals surface area (Å²) in [6, 6.07) is 1.38. The van der Waals surface area contributed by atoms with Gasteiger partial charge in [0.05, 0.1) is 12.5 Å². The van der Waals surface area contributed by atoms with Crippen LogP contribution in [-0.4, -0.2) is 17.4 Å². The fourth-order valence-corrected chi connectivity index (χ4v) is 0.748. The molecule has 0 aliphatic carbocycles. The zero-order valence-electron chi connectivity index (χ0n) is 6.01. The van der Waals surface area contributed by atoms with Gasteiger partial charge >= 0.3 is 6.18 Å². The summed E-state index contributed by atoms with van der Waals surface area (Å²) in [5.74, 6) is 0. The van der Waals surface area contributed by atoms with Gasteiger partial charge in [0.2, 0.25) is 0 Å². The van der Waals surface area contributed by atoms with E-state index in [0.29, 0.717) is 5.56 Å². The monoisotopic (exact) mass is 180 g/mol. The number of hydrogen-bond donors (Lipinski definition) is 1. The van der Waals surface area contributed by atoms with E-state index in [2.05, 4.69) is 4.42 Å². The van der Waals surface area contributed by atoms with Crippen LogP contribution in [0.15, 0.2) is 23.0 Å². The molecule has 0 saturated carbocycles. The second kappa shape index (κ2) is 3.18. The Morgan fingerprint density at radius 3 is 2.58 bits per heavy atom. The van der Waals surface area contributed by atoms with Crippen molar-refractivity contribution < 1.29 is 22.7 Å². The summed E-state index contributed by atoms with van der Waals surface area (Å²) in [6.45, 7) is 0. The van der Waals surface area contributed by atoms with Crippen LogP contribution in [0.5, 0.6) is 0 Å². The molecular weight excluding hydrogens is 173 g/mol. The highest BCUT2D eigenvalue weighted by molar-refractivity contribution is 5.07. The highest BCUT2D eigenvalue weighted by Crippen LogP contribution is 2.22. The lowest BCUT2D eigenvalue weighted by Crippen LogP contribution is -2.30. The molecule has 1 aromatic rings. The van der Waals surface area contributed by atoms with Crippen LogP contribution in [0.3, 0.4) is 0 Å². The number of alkyl halides is 3. The molecule has 0 aromatic carbocycles. The predicted octanol–water partition coefficient (Wildman–Crippen LogP) is 1.75. The normalized spacial score (nSPS) is 14.7. The molecule has 0 amide bonds. The predicted molar refractivity (Wildman–Crippen MR) is 34.5 cm³/mol. The van der Waals surface area contributed by atoms with Crippen molar-refractivity contribution in [1.82, 2.24) is 0 Å². The fourth-order valence-electron chi connectivity index (χ4n) is 0.748. The van der Waals surface area contributed by atoms with Crippen molar-refractivity contribution in [2.45, 2.75) is 18.7 Å². The average molecular weight is 180 g/mol. The molecule has 1 heterocycles. The molecule has 68 valence electrons. The number of aliphatic hydroxyl groups excluding tert-OH is 1. The van der Waals surface area contributed by atoms with E-state index in [1.807, 2.05) is 0 Å². The van der Waals surface area contributed by atoms with Gasteiger partial charge in [-0.15, -0.1) is 0 Å². The lowest BCUT2D eigenvalue weighted by atomic mass is 10.1. The molecule has 1 aromatic heterocycles. The van der Waals surface area contributed by atoms with Gasteiger partial charge in [0, 0.05) is 6.42 Å². The van der Waals surface area contributed by atoms with Gasteiger partial charge in [-0.3, -0.25) is 0 Å². The minimum Gasteiger partial charge on any atom is -0.472 e. The molecule has 12 heavy (non-hydrogen) atoms. The summed E-state index contributed by atoms with van der Waals surface area (Å²) in [6.07, 6.45) is -4.89. The van der Waals surface area contributed by atoms with Gasteiger partial charge in [0.15, 0.2) is 6.10 Å². The Balaban J connectivity index is 2.53. The number of halogens is 3. The summed E-state index contributed by atoms with van der Waals surface area (Å²) in [4.78, 5) is 0. The molecule has 0 spiro atoms. The Morgan fingerprint density at radius 1 is 1.50 bits per heavy atom. The van der Waals surface area contributed by atoms with E-state index >= 15 is 0 Å². The quantitative estimate of drug-likeness (QED) is 0.752. The van der Waals surface area contributed by atoms with E-state index in [-0.39, 0.29) is 0 Å². The lowest BCUT2D eigenvalue weighted by molar-refractivity contribution is -0.203. The van der Waals surface area contributed by atoms with E-state index in [0.717, 1.165) is 0 Å². The van der Waals surface area contributed by atoms with Crippen LogP contribution in [0.4, 0.5) is 13.2 Å². The molecule has 5 heteroatoms. The Kier molecular flexibility index (Phi) is 2.42. The third-order valence-electron chi connectivity index (χ3n) is 1.39. The maximum atomic E-state index is 11.8. The van der Waals surface area contributed by atoms with Gasteiger partial charge < -0.3 is 9.52 Å². The lowest BCUT2D eigenvalue weighted by Gasteiger charge is -2.12. The van der Waals surface area contributed by atoms with Crippen LogP contribution in [0.1, 0.15) is 5.56 Å². The van der Waals surface area contributed by atoms with Crippen molar-refractivity contribution in [3.8, 4) is 0 Å². The summed E-state index contributed by atoms with van der Waals surface area (Å²) < 4.78 is 39.8. The van der Waals surface area contributed by atoms with Gasteiger partial charge in [-0.05, 0) is 11.6 Å². The molecule has 0 unspecified atom stereocenters. The zero-order chi connectivity index (χ0) is 9.19. The molecule has 1 rings (SSSR count). The smallest absolute Gasteiger partial charge is 0.414 e. The minimum atomic E-state index is -4.56. The van der Waals surface area contributed by atoms with E-state index < -0.39 is 18.7 Å². The van der Waals surface area contributed by atoms with Gasteiger partial charge in [0.1, 0.15) is 0 Å². The second-order valence-corrected chi connectivity index (χ2v) is 2.39. The van der Waals surface area contributed by atoms with Crippen LogP contribution in [0.25, 0.3) is 0 Å². The van der Waals surface area contributed by atoms with Crippen LogP contribution in [0, 0.1) is 0 Å². The molecule has 0 aliphatic rings. The van der Waals surface area contributed by atoms with Crippen molar-refractivity contribution in [3.63, 3.8) is 0 Å². The molecule has 2 nitrogen and oxygen atoms in total. The first-order valence-corrected chi connectivity index (χ1v) is 3.26. The third kappa shape index (κ3) is 2.27. The number of rotatable bonds is 2. The number of furan rings is 1. The summed E-state index contributed by atoms with van der Waals surface area (Å²) >= 11 is 0.